The van der Waals surface area contributed by atoms with Crippen LogP contribution in [0.5, 0.6) is 0 Å². The van der Waals surface area contributed by atoms with E-state index in [2.05, 4.69) is 50.4 Å². The number of aromatic nitrogens is 1. The highest BCUT2D eigenvalue weighted by Crippen LogP contribution is 2.24. The number of rotatable bonds is 6. The molecule has 22 heavy (non-hydrogen) atoms. The molecule has 0 bridgehead atoms. The first kappa shape index (κ1) is 16.5. The van der Waals surface area contributed by atoms with Gasteiger partial charge in [0, 0.05) is 24.2 Å². The molecule has 0 fully saturated rings. The molecule has 0 aliphatic heterocycles. The summed E-state index contributed by atoms with van der Waals surface area (Å²) in [5.41, 5.74) is 5.58. The molecule has 0 unspecified atom stereocenters. The Morgan fingerprint density at radius 2 is 1.91 bits per heavy atom. The van der Waals surface area contributed by atoms with Gasteiger partial charge >= 0.3 is 0 Å². The molecule has 0 saturated heterocycles. The molecule has 0 radical (unpaired) electrons. The zero-order valence-corrected chi connectivity index (χ0v) is 14.1. The van der Waals surface area contributed by atoms with Gasteiger partial charge < -0.3 is 9.88 Å². The summed E-state index contributed by atoms with van der Waals surface area (Å²) in [6, 6.07) is 10.4. The molecule has 2 aromatic rings. The van der Waals surface area contributed by atoms with E-state index in [0.29, 0.717) is 6.54 Å². The highest BCUT2D eigenvalue weighted by atomic mass is 16.1. The lowest BCUT2D eigenvalue weighted by molar-refractivity contribution is 0.610. The van der Waals surface area contributed by atoms with Crippen molar-refractivity contribution in [3.63, 3.8) is 0 Å². The monoisotopic (exact) mass is 298 g/mol. The van der Waals surface area contributed by atoms with E-state index in [4.69, 9.17) is 0 Å². The van der Waals surface area contributed by atoms with Crippen LogP contribution in [-0.2, 0) is 13.1 Å². The lowest BCUT2D eigenvalue weighted by Crippen LogP contribution is -2.27. The lowest BCUT2D eigenvalue weighted by atomic mass is 10.0. The lowest BCUT2D eigenvalue weighted by Gasteiger charge is -2.16. The molecule has 1 aromatic heterocycles. The number of hydrogen-bond acceptors (Lipinski definition) is 2. The van der Waals surface area contributed by atoms with Gasteiger partial charge in [-0.3, -0.25) is 4.79 Å². The van der Waals surface area contributed by atoms with Crippen molar-refractivity contribution in [1.82, 2.24) is 9.88 Å². The summed E-state index contributed by atoms with van der Waals surface area (Å²) in [7, 11) is 1.87. The molecule has 1 N–H and O–H groups in total. The summed E-state index contributed by atoms with van der Waals surface area (Å²) in [5, 5.41) is 3.07. The van der Waals surface area contributed by atoms with Gasteiger partial charge in [-0.25, -0.2) is 0 Å². The Bertz CT molecular complexity index is 701. The standard InChI is InChI=1S/C19H26N2O/c1-5-6-11-21-18(10-8-16(13-20-4)19(21)22)17-9-7-14(2)12-15(17)3/h7-10,12,20H,5-6,11,13H2,1-4H3. The highest BCUT2D eigenvalue weighted by molar-refractivity contribution is 5.64. The van der Waals surface area contributed by atoms with Crippen molar-refractivity contribution in [1.29, 1.82) is 0 Å². The largest absolute Gasteiger partial charge is 0.315 e. The van der Waals surface area contributed by atoms with Crippen LogP contribution >= 0.6 is 0 Å². The first-order valence-corrected chi connectivity index (χ1v) is 8.03. The predicted octanol–water partition coefficient (Wildman–Crippen LogP) is 3.65. The highest BCUT2D eigenvalue weighted by Gasteiger charge is 2.11. The summed E-state index contributed by atoms with van der Waals surface area (Å²) in [5.74, 6) is 0. The quantitative estimate of drug-likeness (QED) is 0.883. The van der Waals surface area contributed by atoms with Gasteiger partial charge in [-0.1, -0.05) is 43.2 Å². The van der Waals surface area contributed by atoms with Crippen LogP contribution in [0.15, 0.2) is 35.1 Å². The van der Waals surface area contributed by atoms with Gasteiger partial charge in [-0.2, -0.15) is 0 Å². The summed E-state index contributed by atoms with van der Waals surface area (Å²) in [4.78, 5) is 12.8. The number of nitrogens with one attached hydrogen (secondary N) is 1. The molecule has 3 heteroatoms. The maximum absolute atomic E-state index is 12.8. The topological polar surface area (TPSA) is 34.0 Å². The Morgan fingerprint density at radius 3 is 2.55 bits per heavy atom. The maximum Gasteiger partial charge on any atom is 0.255 e. The van der Waals surface area contributed by atoms with Gasteiger partial charge in [0.25, 0.3) is 5.56 Å². The van der Waals surface area contributed by atoms with E-state index in [-0.39, 0.29) is 5.56 Å². The molecule has 0 spiro atoms. The summed E-state index contributed by atoms with van der Waals surface area (Å²) in [6.45, 7) is 7.74. The van der Waals surface area contributed by atoms with Gasteiger partial charge in [-0.05, 0) is 38.9 Å². The van der Waals surface area contributed by atoms with Crippen molar-refractivity contribution in [2.45, 2.75) is 46.7 Å². The Kier molecular flexibility index (Phi) is 5.56. The molecule has 118 valence electrons. The van der Waals surface area contributed by atoms with Gasteiger partial charge in [0.2, 0.25) is 0 Å². The second-order valence-corrected chi connectivity index (χ2v) is 5.90. The van der Waals surface area contributed by atoms with Crippen molar-refractivity contribution in [3.05, 3.63) is 57.4 Å². The van der Waals surface area contributed by atoms with Crippen LogP contribution in [0.25, 0.3) is 11.3 Å². The number of pyridine rings is 1. The smallest absolute Gasteiger partial charge is 0.255 e. The van der Waals surface area contributed by atoms with Gasteiger partial charge in [0.1, 0.15) is 0 Å². The maximum atomic E-state index is 12.8. The fourth-order valence-electron chi connectivity index (χ4n) is 2.82. The van der Waals surface area contributed by atoms with Crippen LogP contribution in [0.2, 0.25) is 0 Å². The summed E-state index contributed by atoms with van der Waals surface area (Å²) < 4.78 is 1.94. The molecule has 0 aliphatic rings. The zero-order chi connectivity index (χ0) is 16.1. The molecule has 0 atom stereocenters. The van der Waals surface area contributed by atoms with Crippen molar-refractivity contribution < 1.29 is 0 Å². The Hall–Kier alpha value is -1.87. The zero-order valence-electron chi connectivity index (χ0n) is 14.1. The van der Waals surface area contributed by atoms with E-state index >= 15 is 0 Å². The molecular formula is C19H26N2O. The van der Waals surface area contributed by atoms with Crippen molar-refractivity contribution in [2.75, 3.05) is 7.05 Å². The van der Waals surface area contributed by atoms with E-state index in [1.54, 1.807) is 0 Å². The SMILES string of the molecule is CCCCn1c(-c2ccc(C)cc2C)ccc(CNC)c1=O. The number of aryl methyl sites for hydroxylation is 2. The minimum atomic E-state index is 0.125. The van der Waals surface area contributed by atoms with Crippen LogP contribution in [0.3, 0.4) is 0 Å². The number of hydrogen-bond donors (Lipinski definition) is 1. The van der Waals surface area contributed by atoms with E-state index in [1.165, 1.54) is 11.1 Å². The van der Waals surface area contributed by atoms with Crippen LogP contribution in [0, 0.1) is 13.8 Å². The first-order chi connectivity index (χ1) is 10.6. The van der Waals surface area contributed by atoms with Crippen LogP contribution in [0.1, 0.15) is 36.5 Å². The third kappa shape index (κ3) is 3.47. The summed E-state index contributed by atoms with van der Waals surface area (Å²) >= 11 is 0. The molecule has 0 saturated carbocycles. The second-order valence-electron chi connectivity index (χ2n) is 5.90. The molecule has 0 amide bonds. The van der Waals surface area contributed by atoms with Crippen molar-refractivity contribution in [2.24, 2.45) is 0 Å². The fraction of sp³-hybridized carbons (Fsp3) is 0.421. The van der Waals surface area contributed by atoms with E-state index in [0.717, 1.165) is 36.2 Å². The molecular weight excluding hydrogens is 272 g/mol. The first-order valence-electron chi connectivity index (χ1n) is 8.03. The Morgan fingerprint density at radius 1 is 1.14 bits per heavy atom. The van der Waals surface area contributed by atoms with E-state index in [9.17, 15) is 4.79 Å². The molecule has 1 heterocycles. The number of unbranched alkanes of at least 4 members (excludes halogenated alkanes) is 1. The van der Waals surface area contributed by atoms with Crippen molar-refractivity contribution in [3.8, 4) is 11.3 Å². The van der Waals surface area contributed by atoms with Crippen molar-refractivity contribution >= 4 is 0 Å². The molecule has 1 aromatic carbocycles. The average molecular weight is 298 g/mol. The van der Waals surface area contributed by atoms with Crippen LogP contribution in [-0.4, -0.2) is 11.6 Å². The second kappa shape index (κ2) is 7.41. The van der Waals surface area contributed by atoms with Crippen LogP contribution < -0.4 is 10.9 Å². The predicted molar refractivity (Wildman–Crippen MR) is 93.3 cm³/mol. The molecule has 3 nitrogen and oxygen atoms in total. The minimum absolute atomic E-state index is 0.125. The summed E-state index contributed by atoms with van der Waals surface area (Å²) in [6.07, 6.45) is 2.09. The molecule has 0 aliphatic carbocycles. The van der Waals surface area contributed by atoms with Gasteiger partial charge in [-0.15, -0.1) is 0 Å². The fourth-order valence-corrected chi connectivity index (χ4v) is 2.82. The van der Waals surface area contributed by atoms with E-state index in [1.807, 2.05) is 17.7 Å². The van der Waals surface area contributed by atoms with Gasteiger partial charge in [0.15, 0.2) is 0 Å². The third-order valence-corrected chi connectivity index (χ3v) is 4.01. The number of benzene rings is 1. The van der Waals surface area contributed by atoms with E-state index < -0.39 is 0 Å². The third-order valence-electron chi connectivity index (χ3n) is 4.01. The van der Waals surface area contributed by atoms with Gasteiger partial charge in [0.05, 0.1) is 5.69 Å². The Balaban J connectivity index is 2.58. The number of nitrogens with zero attached hydrogens (tertiary/aromatic N) is 1. The molecule has 2 rings (SSSR count). The Labute approximate surface area is 133 Å². The minimum Gasteiger partial charge on any atom is -0.315 e. The normalized spacial score (nSPS) is 10.9. The average Bonchev–Trinajstić information content (AvgIpc) is 2.49. The van der Waals surface area contributed by atoms with Crippen LogP contribution in [0.4, 0.5) is 0 Å².